The lowest BCUT2D eigenvalue weighted by Gasteiger charge is -2.15. The van der Waals surface area contributed by atoms with Gasteiger partial charge in [0.2, 0.25) is 10.0 Å². The lowest BCUT2D eigenvalue weighted by Crippen LogP contribution is -2.42. The first-order chi connectivity index (χ1) is 12.5. The van der Waals surface area contributed by atoms with Crippen molar-refractivity contribution in [2.24, 2.45) is 10.1 Å². The molecule has 140 valence electrons. The molecule has 0 radical (unpaired) electrons. The highest BCUT2D eigenvalue weighted by molar-refractivity contribution is 7.91. The zero-order chi connectivity index (χ0) is 18.6. The van der Waals surface area contributed by atoms with Gasteiger partial charge in [0.05, 0.1) is 13.1 Å². The van der Waals surface area contributed by atoms with E-state index in [1.807, 2.05) is 25.1 Å². The quantitative estimate of drug-likeness (QED) is 0.508. The Labute approximate surface area is 157 Å². The van der Waals surface area contributed by atoms with E-state index in [2.05, 4.69) is 21.7 Å². The summed E-state index contributed by atoms with van der Waals surface area (Å²) in [5.41, 5.74) is 1.22. The van der Waals surface area contributed by atoms with E-state index >= 15 is 0 Å². The minimum Gasteiger partial charge on any atom is -0.488 e. The molecule has 1 atom stereocenters. The average molecular weight is 395 g/mol. The number of para-hydroxylation sites is 1. The van der Waals surface area contributed by atoms with Crippen LogP contribution in [-0.2, 0) is 23.0 Å². The number of nitrogens with one attached hydrogen (secondary N) is 2. The summed E-state index contributed by atoms with van der Waals surface area (Å²) in [6.07, 6.45) is 0.928. The summed E-state index contributed by atoms with van der Waals surface area (Å²) in [6.45, 7) is 3.72. The first-order valence-electron chi connectivity index (χ1n) is 8.34. The van der Waals surface area contributed by atoms with Crippen molar-refractivity contribution >= 4 is 27.3 Å². The minimum atomic E-state index is -3.66. The molecule has 0 fully saturated rings. The lowest BCUT2D eigenvalue weighted by molar-refractivity contribution is 0.235. The molecule has 4 N–H and O–H groups in total. The fraction of sp³-hybridized carbons (Fsp3) is 0.353. The van der Waals surface area contributed by atoms with Crippen LogP contribution in [0.25, 0.3) is 0 Å². The second kappa shape index (κ2) is 8.07. The Balaban J connectivity index is 1.57. The zero-order valence-electron chi connectivity index (χ0n) is 14.4. The van der Waals surface area contributed by atoms with Crippen molar-refractivity contribution in [3.63, 3.8) is 0 Å². The minimum absolute atomic E-state index is 0.0620. The number of nitrogens with two attached hydrogens (primary N) is 1. The van der Waals surface area contributed by atoms with Crippen molar-refractivity contribution < 1.29 is 13.2 Å². The summed E-state index contributed by atoms with van der Waals surface area (Å²) in [6, 6.07) is 11.3. The van der Waals surface area contributed by atoms with E-state index in [9.17, 15) is 8.42 Å². The van der Waals surface area contributed by atoms with Gasteiger partial charge in [-0.1, -0.05) is 18.2 Å². The lowest BCUT2D eigenvalue weighted by atomic mass is 10.1. The molecule has 0 aliphatic carbocycles. The molecule has 1 aromatic heterocycles. The van der Waals surface area contributed by atoms with E-state index in [0.717, 1.165) is 34.9 Å². The molecule has 1 aromatic carbocycles. The first kappa shape index (κ1) is 18.7. The predicted octanol–water partition coefficient (Wildman–Crippen LogP) is 1.45. The number of guanidine groups is 1. The van der Waals surface area contributed by atoms with Crippen LogP contribution < -0.4 is 20.5 Å². The Kier molecular flexibility index (Phi) is 5.80. The molecule has 0 bridgehead atoms. The largest absolute Gasteiger partial charge is 0.488 e. The van der Waals surface area contributed by atoms with E-state index in [1.54, 1.807) is 6.07 Å². The molecule has 1 aliphatic heterocycles. The fourth-order valence-corrected chi connectivity index (χ4v) is 4.38. The third kappa shape index (κ3) is 4.75. The normalized spacial score (nSPS) is 16.8. The third-order valence-corrected chi connectivity index (χ3v) is 6.37. The Morgan fingerprint density at radius 3 is 2.81 bits per heavy atom. The summed E-state index contributed by atoms with van der Waals surface area (Å²) >= 11 is 1.13. The van der Waals surface area contributed by atoms with Crippen LogP contribution in [0.5, 0.6) is 5.75 Å². The molecule has 0 amide bonds. The molecule has 26 heavy (non-hydrogen) atoms. The summed E-state index contributed by atoms with van der Waals surface area (Å²) in [5.74, 6) is 1.60. The smallest absolute Gasteiger partial charge is 0.247 e. The molecule has 2 heterocycles. The van der Waals surface area contributed by atoms with Gasteiger partial charge in [0.15, 0.2) is 5.96 Å². The van der Waals surface area contributed by atoms with Crippen LogP contribution in [0.2, 0.25) is 0 Å². The van der Waals surface area contributed by atoms with Crippen LogP contribution in [0.3, 0.4) is 0 Å². The molecule has 2 aromatic rings. The van der Waals surface area contributed by atoms with Crippen molar-refractivity contribution in [2.45, 2.75) is 30.2 Å². The number of rotatable bonds is 6. The molecule has 3 rings (SSSR count). The highest BCUT2D eigenvalue weighted by Gasteiger charge is 2.22. The molecule has 1 unspecified atom stereocenters. The SMILES string of the molecule is CCNC(=NCc1ccc(S(N)(=O)=O)s1)NCC1Cc2ccccc2O1. The van der Waals surface area contributed by atoms with Crippen molar-refractivity contribution in [3.05, 3.63) is 46.8 Å². The Bertz CT molecular complexity index is 868. The first-order valence-corrected chi connectivity index (χ1v) is 10.7. The van der Waals surface area contributed by atoms with E-state index in [1.165, 1.54) is 11.6 Å². The highest BCUT2D eigenvalue weighted by atomic mass is 32.2. The standard InChI is InChI=1S/C17H22N4O3S2/c1-2-19-17(21-11-14-7-8-16(25-14)26(18,22)23)20-10-13-9-12-5-3-4-6-15(12)24-13/h3-8,13H,2,9-11H2,1H3,(H2,18,22,23)(H2,19,20,21). The van der Waals surface area contributed by atoms with E-state index in [0.29, 0.717) is 19.0 Å². The number of ether oxygens (including phenoxy) is 1. The van der Waals surface area contributed by atoms with E-state index in [4.69, 9.17) is 9.88 Å². The highest BCUT2D eigenvalue weighted by Crippen LogP contribution is 2.27. The van der Waals surface area contributed by atoms with Crippen LogP contribution in [-0.4, -0.2) is 33.6 Å². The Morgan fingerprint density at radius 2 is 2.12 bits per heavy atom. The molecule has 0 saturated heterocycles. The van der Waals surface area contributed by atoms with E-state index < -0.39 is 10.0 Å². The number of thiophene rings is 1. The van der Waals surface area contributed by atoms with Crippen LogP contribution in [0.1, 0.15) is 17.4 Å². The Morgan fingerprint density at radius 1 is 1.31 bits per heavy atom. The topological polar surface area (TPSA) is 106 Å². The number of aliphatic imine (C=N–C) groups is 1. The Hall–Kier alpha value is -2.10. The number of sulfonamides is 1. The summed E-state index contributed by atoms with van der Waals surface area (Å²) < 4.78 is 28.8. The van der Waals surface area contributed by atoms with Gasteiger partial charge in [-0.25, -0.2) is 18.5 Å². The number of benzene rings is 1. The van der Waals surface area contributed by atoms with Crippen molar-refractivity contribution in [3.8, 4) is 5.75 Å². The van der Waals surface area contributed by atoms with Crippen molar-refractivity contribution in [1.82, 2.24) is 10.6 Å². The van der Waals surface area contributed by atoms with Gasteiger partial charge < -0.3 is 15.4 Å². The number of nitrogens with zero attached hydrogens (tertiary/aromatic N) is 1. The van der Waals surface area contributed by atoms with Crippen LogP contribution >= 0.6 is 11.3 Å². The van der Waals surface area contributed by atoms with Crippen LogP contribution in [0.15, 0.2) is 45.6 Å². The zero-order valence-corrected chi connectivity index (χ0v) is 16.1. The van der Waals surface area contributed by atoms with Gasteiger partial charge in [-0.2, -0.15) is 0 Å². The molecule has 1 aliphatic rings. The number of primary sulfonamides is 1. The number of hydrogen-bond acceptors (Lipinski definition) is 5. The maximum atomic E-state index is 11.3. The fourth-order valence-electron chi connectivity index (χ4n) is 2.67. The average Bonchev–Trinajstić information content (AvgIpc) is 3.23. The maximum Gasteiger partial charge on any atom is 0.247 e. The second-order valence-electron chi connectivity index (χ2n) is 5.89. The molecule has 0 spiro atoms. The van der Waals surface area contributed by atoms with Gasteiger partial charge in [0, 0.05) is 17.8 Å². The van der Waals surface area contributed by atoms with Gasteiger partial charge in [-0.05, 0) is 30.7 Å². The van der Waals surface area contributed by atoms with Gasteiger partial charge in [-0.15, -0.1) is 11.3 Å². The van der Waals surface area contributed by atoms with Crippen molar-refractivity contribution in [1.29, 1.82) is 0 Å². The maximum absolute atomic E-state index is 11.3. The summed E-state index contributed by atoms with van der Waals surface area (Å²) in [4.78, 5) is 5.33. The van der Waals surface area contributed by atoms with Crippen LogP contribution in [0.4, 0.5) is 0 Å². The molecule has 0 saturated carbocycles. The van der Waals surface area contributed by atoms with Gasteiger partial charge >= 0.3 is 0 Å². The van der Waals surface area contributed by atoms with Gasteiger partial charge in [0.1, 0.15) is 16.1 Å². The van der Waals surface area contributed by atoms with Gasteiger partial charge in [-0.3, -0.25) is 0 Å². The second-order valence-corrected chi connectivity index (χ2v) is 8.85. The molecular formula is C17H22N4O3S2. The summed E-state index contributed by atoms with van der Waals surface area (Å²) in [5, 5.41) is 11.6. The molecular weight excluding hydrogens is 372 g/mol. The number of fused-ring (bicyclic) bond motifs is 1. The van der Waals surface area contributed by atoms with E-state index in [-0.39, 0.29) is 10.3 Å². The predicted molar refractivity (Wildman–Crippen MR) is 103 cm³/mol. The monoisotopic (exact) mass is 394 g/mol. The molecule has 7 nitrogen and oxygen atoms in total. The van der Waals surface area contributed by atoms with Gasteiger partial charge in [0.25, 0.3) is 0 Å². The third-order valence-electron chi connectivity index (χ3n) is 3.87. The van der Waals surface area contributed by atoms with Crippen LogP contribution in [0, 0.1) is 0 Å². The summed E-state index contributed by atoms with van der Waals surface area (Å²) in [7, 11) is -3.66. The number of hydrogen-bond donors (Lipinski definition) is 3. The molecule has 9 heteroatoms. The van der Waals surface area contributed by atoms with Crippen molar-refractivity contribution in [2.75, 3.05) is 13.1 Å².